The smallest absolute Gasteiger partial charge is 0.234 e. The number of carbonyl (C=O) groups is 2. The van der Waals surface area contributed by atoms with E-state index in [1.165, 1.54) is 23.1 Å². The van der Waals surface area contributed by atoms with Crippen molar-refractivity contribution in [1.82, 2.24) is 4.98 Å². The molecule has 0 aliphatic carbocycles. The van der Waals surface area contributed by atoms with Crippen molar-refractivity contribution in [3.63, 3.8) is 0 Å². The van der Waals surface area contributed by atoms with Crippen LogP contribution in [-0.4, -0.2) is 22.6 Å². The predicted molar refractivity (Wildman–Crippen MR) is 121 cm³/mol. The van der Waals surface area contributed by atoms with E-state index in [9.17, 15) is 9.59 Å². The van der Waals surface area contributed by atoms with Crippen molar-refractivity contribution >= 4 is 57.9 Å². The quantitative estimate of drug-likeness (QED) is 0.482. The number of halogens is 1. The van der Waals surface area contributed by atoms with Crippen LogP contribution in [0.15, 0.2) is 52.2 Å². The van der Waals surface area contributed by atoms with Crippen molar-refractivity contribution in [3.8, 4) is 0 Å². The van der Waals surface area contributed by atoms with Crippen LogP contribution >= 0.6 is 34.7 Å². The number of rotatable bonds is 7. The van der Waals surface area contributed by atoms with Gasteiger partial charge in [0.05, 0.1) is 17.9 Å². The molecule has 0 bridgehead atoms. The average Bonchev–Trinajstić information content (AvgIpc) is 3.11. The lowest BCUT2D eigenvalue weighted by atomic mass is 10.1. The third-order valence-corrected chi connectivity index (χ3v) is 6.30. The Morgan fingerprint density at radius 3 is 2.55 bits per heavy atom. The number of hydrogen-bond donors (Lipinski definition) is 2. The van der Waals surface area contributed by atoms with Crippen LogP contribution in [0, 0.1) is 13.8 Å². The maximum atomic E-state index is 12.3. The normalized spacial score (nSPS) is 10.6. The number of aryl methyl sites for hydroxylation is 2. The highest BCUT2D eigenvalue weighted by molar-refractivity contribution is 8.01. The Kier molecular flexibility index (Phi) is 7.30. The first-order valence-electron chi connectivity index (χ1n) is 8.89. The third-order valence-electron chi connectivity index (χ3n) is 3.98. The van der Waals surface area contributed by atoms with E-state index in [2.05, 4.69) is 15.6 Å². The van der Waals surface area contributed by atoms with Gasteiger partial charge in [-0.15, -0.1) is 11.3 Å². The summed E-state index contributed by atoms with van der Waals surface area (Å²) in [6.45, 7) is 3.98. The summed E-state index contributed by atoms with van der Waals surface area (Å²) < 4.78 is 0.755. The van der Waals surface area contributed by atoms with Gasteiger partial charge in [0.15, 0.2) is 4.34 Å². The molecule has 2 amide bonds. The number of thioether (sulfide) groups is 1. The molecule has 0 saturated heterocycles. The first-order valence-corrected chi connectivity index (χ1v) is 11.1. The zero-order chi connectivity index (χ0) is 20.8. The van der Waals surface area contributed by atoms with E-state index in [-0.39, 0.29) is 24.0 Å². The van der Waals surface area contributed by atoms with E-state index in [1.807, 2.05) is 37.4 Å². The van der Waals surface area contributed by atoms with E-state index >= 15 is 0 Å². The lowest BCUT2D eigenvalue weighted by Crippen LogP contribution is -2.15. The molecule has 2 aromatic carbocycles. The molecule has 1 heterocycles. The van der Waals surface area contributed by atoms with Gasteiger partial charge in [0, 0.05) is 21.8 Å². The molecule has 8 heteroatoms. The Labute approximate surface area is 182 Å². The molecule has 0 aliphatic rings. The molecule has 0 spiro atoms. The molecule has 150 valence electrons. The first kappa shape index (κ1) is 21.4. The monoisotopic (exact) mass is 445 g/mol. The number of carbonyl (C=O) groups excluding carboxylic acids is 2. The number of hydrogen-bond acceptors (Lipinski definition) is 5. The zero-order valence-electron chi connectivity index (χ0n) is 16.0. The third kappa shape index (κ3) is 6.59. The van der Waals surface area contributed by atoms with Crippen LogP contribution in [0.3, 0.4) is 0 Å². The second-order valence-electron chi connectivity index (χ2n) is 6.49. The van der Waals surface area contributed by atoms with Crippen LogP contribution in [0.2, 0.25) is 5.02 Å². The first-order chi connectivity index (χ1) is 13.9. The number of benzene rings is 2. The molecule has 5 nitrogen and oxygen atoms in total. The molecular formula is C21H20ClN3O2S2. The number of nitrogens with zero attached hydrogens (tertiary/aromatic N) is 1. The topological polar surface area (TPSA) is 71.1 Å². The molecule has 3 aromatic rings. The van der Waals surface area contributed by atoms with E-state index in [0.29, 0.717) is 16.4 Å². The molecule has 2 N–H and O–H groups in total. The highest BCUT2D eigenvalue weighted by atomic mass is 35.5. The van der Waals surface area contributed by atoms with Gasteiger partial charge in [0.25, 0.3) is 0 Å². The number of amides is 2. The van der Waals surface area contributed by atoms with Gasteiger partial charge in [-0.1, -0.05) is 41.1 Å². The Morgan fingerprint density at radius 2 is 1.83 bits per heavy atom. The second-order valence-corrected chi connectivity index (χ2v) is 9.01. The summed E-state index contributed by atoms with van der Waals surface area (Å²) >= 11 is 8.61. The van der Waals surface area contributed by atoms with Crippen molar-refractivity contribution in [2.24, 2.45) is 0 Å². The summed E-state index contributed by atoms with van der Waals surface area (Å²) in [5, 5.41) is 8.20. The van der Waals surface area contributed by atoms with Gasteiger partial charge in [-0.25, -0.2) is 4.98 Å². The zero-order valence-corrected chi connectivity index (χ0v) is 18.4. The van der Waals surface area contributed by atoms with Crippen molar-refractivity contribution in [3.05, 3.63) is 69.7 Å². The molecule has 29 heavy (non-hydrogen) atoms. The Bertz CT molecular complexity index is 1020. The summed E-state index contributed by atoms with van der Waals surface area (Å²) in [5.41, 5.74) is 4.38. The maximum Gasteiger partial charge on any atom is 0.234 e. The average molecular weight is 446 g/mol. The summed E-state index contributed by atoms with van der Waals surface area (Å²) in [4.78, 5) is 28.8. The molecule has 3 rings (SSSR count). The summed E-state index contributed by atoms with van der Waals surface area (Å²) in [7, 11) is 0. The van der Waals surface area contributed by atoms with Crippen LogP contribution in [0.25, 0.3) is 0 Å². The highest BCUT2D eigenvalue weighted by Crippen LogP contribution is 2.24. The van der Waals surface area contributed by atoms with Crippen molar-refractivity contribution < 1.29 is 9.59 Å². The van der Waals surface area contributed by atoms with Crippen molar-refractivity contribution in [2.75, 3.05) is 16.4 Å². The summed E-state index contributed by atoms with van der Waals surface area (Å²) in [6.07, 6.45) is 0.196. The molecule has 0 radical (unpaired) electrons. The fourth-order valence-electron chi connectivity index (χ4n) is 2.61. The fourth-order valence-corrected chi connectivity index (χ4v) is 4.38. The van der Waals surface area contributed by atoms with Gasteiger partial charge in [-0.3, -0.25) is 9.59 Å². The van der Waals surface area contributed by atoms with Crippen molar-refractivity contribution in [2.45, 2.75) is 24.6 Å². The highest BCUT2D eigenvalue weighted by Gasteiger charge is 2.11. The minimum absolute atomic E-state index is 0.112. The number of thiazole rings is 1. The van der Waals surface area contributed by atoms with Crippen LogP contribution in [-0.2, 0) is 16.0 Å². The minimum Gasteiger partial charge on any atom is -0.326 e. The van der Waals surface area contributed by atoms with Gasteiger partial charge in [-0.2, -0.15) is 0 Å². The van der Waals surface area contributed by atoms with E-state index in [0.717, 1.165) is 21.2 Å². The molecule has 0 saturated carbocycles. The minimum atomic E-state index is -0.123. The van der Waals surface area contributed by atoms with Crippen LogP contribution < -0.4 is 10.6 Å². The maximum absolute atomic E-state index is 12.3. The van der Waals surface area contributed by atoms with Gasteiger partial charge in [0.1, 0.15) is 0 Å². The van der Waals surface area contributed by atoms with Crippen molar-refractivity contribution in [1.29, 1.82) is 0 Å². The van der Waals surface area contributed by atoms with E-state index < -0.39 is 0 Å². The molecule has 1 aromatic heterocycles. The van der Waals surface area contributed by atoms with Gasteiger partial charge in [0.2, 0.25) is 11.8 Å². The lowest BCUT2D eigenvalue weighted by Gasteiger charge is -2.08. The van der Waals surface area contributed by atoms with Gasteiger partial charge in [-0.05, 0) is 49.7 Å². The number of aromatic nitrogens is 1. The second kappa shape index (κ2) is 9.91. The Morgan fingerprint density at radius 1 is 1.07 bits per heavy atom. The van der Waals surface area contributed by atoms with Gasteiger partial charge >= 0.3 is 0 Å². The summed E-state index contributed by atoms with van der Waals surface area (Å²) in [6, 6.07) is 12.9. The number of nitrogens with one attached hydrogen (secondary N) is 2. The number of anilines is 2. The molecule has 0 unspecified atom stereocenters. The predicted octanol–water partition coefficient (Wildman–Crippen LogP) is 5.33. The van der Waals surface area contributed by atoms with E-state index in [4.69, 9.17) is 11.6 Å². The van der Waals surface area contributed by atoms with Crippen LogP contribution in [0.4, 0.5) is 11.4 Å². The fraction of sp³-hybridized carbons (Fsp3) is 0.190. The SMILES string of the molecule is Cc1ccc(NC(=O)Cc2csc(SCC(=O)Nc3ccc(Cl)cc3)n2)c(C)c1. The summed E-state index contributed by atoms with van der Waals surface area (Å²) in [5.74, 6) is 0.00518. The Balaban J connectivity index is 1.48. The molecule has 0 aliphatic heterocycles. The van der Waals surface area contributed by atoms with Crippen LogP contribution in [0.1, 0.15) is 16.8 Å². The van der Waals surface area contributed by atoms with Crippen LogP contribution in [0.5, 0.6) is 0 Å². The van der Waals surface area contributed by atoms with E-state index in [1.54, 1.807) is 24.3 Å². The molecule has 0 fully saturated rings. The Hall–Kier alpha value is -2.35. The molecular weight excluding hydrogens is 426 g/mol. The lowest BCUT2D eigenvalue weighted by molar-refractivity contribution is -0.116. The standard InChI is InChI=1S/C21H20ClN3O2S2/c1-13-3-8-18(14(2)9-13)25-19(26)10-17-11-28-21(24-17)29-12-20(27)23-16-6-4-15(22)5-7-16/h3-9,11H,10,12H2,1-2H3,(H,23,27)(H,25,26). The van der Waals surface area contributed by atoms with Gasteiger partial charge < -0.3 is 10.6 Å². The largest absolute Gasteiger partial charge is 0.326 e. The molecule has 0 atom stereocenters.